The van der Waals surface area contributed by atoms with Crippen LogP contribution in [0.5, 0.6) is 0 Å². The molecule has 34 heavy (non-hydrogen) atoms. The van der Waals surface area contributed by atoms with E-state index in [1.165, 1.54) is 0 Å². The highest BCUT2D eigenvalue weighted by Crippen LogP contribution is 2.26. The SMILES string of the molecule is O=C(N[C@@H](Cc1ccc(-c2ccccc2)cc1)C(=O)O)c1c2ccccc2nc2ccccc12. The zero-order valence-electron chi connectivity index (χ0n) is 18.3. The lowest BCUT2D eigenvalue weighted by atomic mass is 9.99. The molecule has 1 atom stereocenters. The number of hydrogen-bond donors (Lipinski definition) is 2. The number of pyridine rings is 1. The smallest absolute Gasteiger partial charge is 0.326 e. The van der Waals surface area contributed by atoms with Crippen LogP contribution < -0.4 is 5.32 Å². The van der Waals surface area contributed by atoms with E-state index in [4.69, 9.17) is 0 Å². The van der Waals surface area contributed by atoms with Gasteiger partial charge in [0.1, 0.15) is 6.04 Å². The first-order valence-corrected chi connectivity index (χ1v) is 11.1. The summed E-state index contributed by atoms with van der Waals surface area (Å²) < 4.78 is 0. The number of fused-ring (bicyclic) bond motifs is 2. The van der Waals surface area contributed by atoms with Crippen LogP contribution in [-0.2, 0) is 11.2 Å². The second-order valence-electron chi connectivity index (χ2n) is 8.15. The fraction of sp³-hybridized carbons (Fsp3) is 0.0690. The molecule has 5 aromatic rings. The Hall–Kier alpha value is -4.51. The number of carbonyl (C=O) groups is 2. The molecule has 0 saturated carbocycles. The zero-order chi connectivity index (χ0) is 23.5. The Morgan fingerprint density at radius 3 is 1.82 bits per heavy atom. The van der Waals surface area contributed by atoms with Gasteiger partial charge in [0.25, 0.3) is 5.91 Å². The van der Waals surface area contributed by atoms with Crippen molar-refractivity contribution in [2.75, 3.05) is 0 Å². The number of hydrogen-bond acceptors (Lipinski definition) is 3. The number of para-hydroxylation sites is 2. The van der Waals surface area contributed by atoms with Crippen LogP contribution in [-0.4, -0.2) is 28.0 Å². The first-order chi connectivity index (χ1) is 16.6. The van der Waals surface area contributed by atoms with Crippen molar-refractivity contribution in [2.45, 2.75) is 12.5 Å². The Morgan fingerprint density at radius 1 is 0.706 bits per heavy atom. The molecular formula is C29H22N2O3. The third-order valence-corrected chi connectivity index (χ3v) is 5.92. The summed E-state index contributed by atoms with van der Waals surface area (Å²) in [4.78, 5) is 30.1. The second-order valence-corrected chi connectivity index (χ2v) is 8.15. The maximum Gasteiger partial charge on any atom is 0.326 e. The summed E-state index contributed by atoms with van der Waals surface area (Å²) in [6.07, 6.45) is 0.178. The van der Waals surface area contributed by atoms with Gasteiger partial charge in [-0.3, -0.25) is 4.79 Å². The number of amides is 1. The Bertz CT molecular complexity index is 1440. The number of carboxylic acid groups (broad SMARTS) is 1. The van der Waals surface area contributed by atoms with Crippen molar-refractivity contribution in [1.29, 1.82) is 0 Å². The monoisotopic (exact) mass is 446 g/mol. The summed E-state index contributed by atoms with van der Waals surface area (Å²) in [5.74, 6) is -1.51. The van der Waals surface area contributed by atoms with Crippen LogP contribution in [0.3, 0.4) is 0 Å². The molecule has 4 aromatic carbocycles. The summed E-state index contributed by atoms with van der Waals surface area (Å²) >= 11 is 0. The summed E-state index contributed by atoms with van der Waals surface area (Å²) in [5, 5.41) is 14.0. The number of rotatable bonds is 6. The van der Waals surface area contributed by atoms with Gasteiger partial charge in [-0.1, -0.05) is 91.0 Å². The quantitative estimate of drug-likeness (QED) is 0.339. The van der Waals surface area contributed by atoms with E-state index in [1.54, 1.807) is 0 Å². The van der Waals surface area contributed by atoms with E-state index >= 15 is 0 Å². The first-order valence-electron chi connectivity index (χ1n) is 11.1. The van der Waals surface area contributed by atoms with E-state index in [9.17, 15) is 14.7 Å². The molecule has 0 aliphatic heterocycles. The molecule has 0 radical (unpaired) electrons. The largest absolute Gasteiger partial charge is 0.480 e. The normalized spacial score (nSPS) is 11.9. The molecule has 1 amide bonds. The molecule has 0 aliphatic rings. The van der Waals surface area contributed by atoms with Gasteiger partial charge in [-0.25, -0.2) is 9.78 Å². The van der Waals surface area contributed by atoms with Crippen molar-refractivity contribution < 1.29 is 14.7 Å². The van der Waals surface area contributed by atoms with Crippen LogP contribution >= 0.6 is 0 Å². The molecule has 0 spiro atoms. The minimum atomic E-state index is -1.08. The lowest BCUT2D eigenvalue weighted by molar-refractivity contribution is -0.139. The van der Waals surface area contributed by atoms with Crippen molar-refractivity contribution >= 4 is 33.7 Å². The lowest BCUT2D eigenvalue weighted by Crippen LogP contribution is -2.42. The van der Waals surface area contributed by atoms with Crippen LogP contribution in [0.2, 0.25) is 0 Å². The molecule has 5 rings (SSSR count). The van der Waals surface area contributed by atoms with Gasteiger partial charge >= 0.3 is 5.97 Å². The molecule has 166 valence electrons. The van der Waals surface area contributed by atoms with Crippen molar-refractivity contribution in [2.24, 2.45) is 0 Å². The highest BCUT2D eigenvalue weighted by Gasteiger charge is 2.24. The van der Waals surface area contributed by atoms with E-state index < -0.39 is 17.9 Å². The minimum Gasteiger partial charge on any atom is -0.480 e. The van der Waals surface area contributed by atoms with Gasteiger partial charge in [-0.05, 0) is 28.8 Å². The van der Waals surface area contributed by atoms with Crippen LogP contribution in [0.25, 0.3) is 32.9 Å². The average molecular weight is 447 g/mol. The number of carboxylic acids is 1. The number of aromatic nitrogens is 1. The van der Waals surface area contributed by atoms with Gasteiger partial charge in [0.2, 0.25) is 0 Å². The van der Waals surface area contributed by atoms with Crippen LogP contribution in [0, 0.1) is 0 Å². The molecule has 0 bridgehead atoms. The zero-order valence-corrected chi connectivity index (χ0v) is 18.3. The van der Waals surface area contributed by atoms with E-state index in [-0.39, 0.29) is 6.42 Å². The van der Waals surface area contributed by atoms with Gasteiger partial charge < -0.3 is 10.4 Å². The maximum absolute atomic E-state index is 13.4. The summed E-state index contributed by atoms with van der Waals surface area (Å²) in [7, 11) is 0. The van der Waals surface area contributed by atoms with Crippen molar-refractivity contribution in [3.8, 4) is 11.1 Å². The first kappa shape index (κ1) is 21.3. The third kappa shape index (κ3) is 4.24. The number of benzene rings is 4. The van der Waals surface area contributed by atoms with Gasteiger partial charge in [0.15, 0.2) is 0 Å². The number of aliphatic carboxylic acids is 1. The minimum absolute atomic E-state index is 0.178. The van der Waals surface area contributed by atoms with E-state index in [0.717, 1.165) is 16.7 Å². The van der Waals surface area contributed by atoms with Gasteiger partial charge in [0.05, 0.1) is 16.6 Å². The van der Waals surface area contributed by atoms with Crippen LogP contribution in [0.1, 0.15) is 15.9 Å². The standard InChI is InChI=1S/C29H22N2O3/c32-28(27-22-10-4-6-12-24(22)30-25-13-7-5-11-23(25)27)31-26(29(33)34)18-19-14-16-21(17-15-19)20-8-2-1-3-9-20/h1-17,26H,18H2,(H,31,32)(H,33,34)/t26-/m0/s1. The predicted molar refractivity (Wildman–Crippen MR) is 134 cm³/mol. The van der Waals surface area contributed by atoms with Crippen LogP contribution in [0.15, 0.2) is 103 Å². The molecule has 5 heteroatoms. The molecule has 2 N–H and O–H groups in total. The Balaban J connectivity index is 1.44. The fourth-order valence-corrected chi connectivity index (χ4v) is 4.21. The molecular weight excluding hydrogens is 424 g/mol. The second kappa shape index (κ2) is 9.16. The van der Waals surface area contributed by atoms with Crippen molar-refractivity contribution in [1.82, 2.24) is 10.3 Å². The number of carbonyl (C=O) groups excluding carboxylic acids is 1. The highest BCUT2D eigenvalue weighted by molar-refractivity contribution is 6.16. The van der Waals surface area contributed by atoms with E-state index in [1.807, 2.05) is 103 Å². The maximum atomic E-state index is 13.4. The Morgan fingerprint density at radius 2 is 1.24 bits per heavy atom. The molecule has 1 aromatic heterocycles. The van der Waals surface area contributed by atoms with Gasteiger partial charge in [0, 0.05) is 17.2 Å². The predicted octanol–water partition coefficient (Wildman–Crippen LogP) is 5.48. The molecule has 0 saturated heterocycles. The third-order valence-electron chi connectivity index (χ3n) is 5.92. The van der Waals surface area contributed by atoms with Gasteiger partial charge in [-0.2, -0.15) is 0 Å². The van der Waals surface area contributed by atoms with Crippen molar-refractivity contribution in [3.05, 3.63) is 114 Å². The number of nitrogens with one attached hydrogen (secondary N) is 1. The summed E-state index contributed by atoms with van der Waals surface area (Å²) in [6.45, 7) is 0. The summed E-state index contributed by atoms with van der Waals surface area (Å²) in [5.41, 5.74) is 4.79. The lowest BCUT2D eigenvalue weighted by Gasteiger charge is -2.17. The number of nitrogens with zero attached hydrogens (tertiary/aromatic N) is 1. The van der Waals surface area contributed by atoms with E-state index in [0.29, 0.717) is 27.4 Å². The van der Waals surface area contributed by atoms with E-state index in [2.05, 4.69) is 10.3 Å². The molecule has 0 fully saturated rings. The molecule has 5 nitrogen and oxygen atoms in total. The average Bonchev–Trinajstić information content (AvgIpc) is 2.87. The Kier molecular flexibility index (Phi) is 5.75. The van der Waals surface area contributed by atoms with Gasteiger partial charge in [-0.15, -0.1) is 0 Å². The Labute approximate surface area is 196 Å². The van der Waals surface area contributed by atoms with Crippen LogP contribution in [0.4, 0.5) is 0 Å². The molecule has 1 heterocycles. The topological polar surface area (TPSA) is 79.3 Å². The summed E-state index contributed by atoms with van der Waals surface area (Å²) in [6, 6.07) is 31.4. The fourth-order valence-electron chi connectivity index (χ4n) is 4.21. The highest BCUT2D eigenvalue weighted by atomic mass is 16.4. The van der Waals surface area contributed by atoms with Crippen molar-refractivity contribution in [3.63, 3.8) is 0 Å². The molecule has 0 aliphatic carbocycles. The molecule has 0 unspecified atom stereocenters.